The number of methoxy groups -OCH3 is 1. The molecule has 1 aromatic rings. The minimum Gasteiger partial charge on any atom is -0.474 e. The average Bonchev–Trinajstić information content (AvgIpc) is 2.28. The highest BCUT2D eigenvalue weighted by molar-refractivity contribution is 5.72. The molecule has 0 amide bonds. The zero-order valence-electron chi connectivity index (χ0n) is 9.06. The molecule has 100 valence electrons. The van der Waals surface area contributed by atoms with Crippen LogP contribution < -0.4 is 0 Å². The van der Waals surface area contributed by atoms with Gasteiger partial charge < -0.3 is 4.74 Å². The van der Waals surface area contributed by atoms with Crippen LogP contribution in [0.5, 0.6) is 0 Å². The number of rotatable bonds is 3. The van der Waals surface area contributed by atoms with Crippen LogP contribution >= 0.6 is 0 Å². The maximum Gasteiger partial charge on any atom is 0.458 e. The Bertz CT molecular complexity index is 435. The van der Waals surface area contributed by atoms with Crippen molar-refractivity contribution in [2.24, 2.45) is 0 Å². The molecule has 0 unspecified atom stereocenters. The summed E-state index contributed by atoms with van der Waals surface area (Å²) in [6.07, 6.45) is -5.91. The van der Waals surface area contributed by atoms with Crippen molar-refractivity contribution in [1.29, 1.82) is 0 Å². The van der Waals surface area contributed by atoms with E-state index in [9.17, 15) is 26.3 Å². The summed E-state index contributed by atoms with van der Waals surface area (Å²) in [6.45, 7) is 0. The standard InChI is InChI=1S/C11H8F6O/c1-18-9(12)8(7-5-3-2-4-6-7)10(13,14)11(15,16)17/h2-6H,1H3/b9-8+. The molecule has 0 aliphatic heterocycles. The highest BCUT2D eigenvalue weighted by atomic mass is 19.4. The van der Waals surface area contributed by atoms with E-state index in [2.05, 4.69) is 4.74 Å². The molecular formula is C11H8F6O. The number of hydrogen-bond donors (Lipinski definition) is 0. The molecule has 0 spiro atoms. The second kappa shape index (κ2) is 4.91. The first-order valence-electron chi connectivity index (χ1n) is 4.66. The third-order valence-electron chi connectivity index (χ3n) is 2.11. The van der Waals surface area contributed by atoms with Crippen LogP contribution in [0.3, 0.4) is 0 Å². The molecule has 0 bridgehead atoms. The van der Waals surface area contributed by atoms with Crippen LogP contribution in [-0.2, 0) is 4.74 Å². The maximum atomic E-state index is 13.2. The molecule has 1 nitrogen and oxygen atoms in total. The zero-order valence-corrected chi connectivity index (χ0v) is 9.06. The molecule has 1 rings (SSSR count). The fourth-order valence-corrected chi connectivity index (χ4v) is 1.27. The van der Waals surface area contributed by atoms with Gasteiger partial charge in [0.25, 0.3) is 6.01 Å². The SMILES string of the molecule is CO/C(F)=C(\c1ccccc1)C(F)(F)C(F)(F)F. The van der Waals surface area contributed by atoms with Gasteiger partial charge in [0.2, 0.25) is 0 Å². The van der Waals surface area contributed by atoms with E-state index in [1.165, 1.54) is 18.2 Å². The van der Waals surface area contributed by atoms with Crippen LogP contribution in [0.25, 0.3) is 5.57 Å². The fraction of sp³-hybridized carbons (Fsp3) is 0.273. The summed E-state index contributed by atoms with van der Waals surface area (Å²) in [6, 6.07) is 3.73. The van der Waals surface area contributed by atoms with Gasteiger partial charge in [-0.3, -0.25) is 0 Å². The molecule has 7 heteroatoms. The van der Waals surface area contributed by atoms with Crippen molar-refractivity contribution in [3.05, 3.63) is 41.9 Å². The predicted molar refractivity (Wildman–Crippen MR) is 52.5 cm³/mol. The fourth-order valence-electron chi connectivity index (χ4n) is 1.27. The largest absolute Gasteiger partial charge is 0.474 e. The molecule has 0 atom stereocenters. The number of hydrogen-bond acceptors (Lipinski definition) is 1. The van der Waals surface area contributed by atoms with E-state index < -0.39 is 29.2 Å². The Labute approximate surface area is 98.7 Å². The quantitative estimate of drug-likeness (QED) is 0.591. The lowest BCUT2D eigenvalue weighted by Gasteiger charge is -2.22. The van der Waals surface area contributed by atoms with E-state index in [1.807, 2.05) is 0 Å². The molecule has 0 radical (unpaired) electrons. The van der Waals surface area contributed by atoms with Crippen LogP contribution in [-0.4, -0.2) is 19.2 Å². The molecule has 0 saturated heterocycles. The molecule has 1 aromatic carbocycles. The monoisotopic (exact) mass is 270 g/mol. The van der Waals surface area contributed by atoms with Gasteiger partial charge in [-0.1, -0.05) is 30.3 Å². The first-order chi connectivity index (χ1) is 8.21. The number of allylic oxidation sites excluding steroid dienone is 1. The van der Waals surface area contributed by atoms with E-state index in [1.54, 1.807) is 0 Å². The van der Waals surface area contributed by atoms with Gasteiger partial charge in [-0.05, 0) is 5.56 Å². The van der Waals surface area contributed by atoms with Crippen molar-refractivity contribution in [2.75, 3.05) is 7.11 Å². The molecule has 0 fully saturated rings. The number of alkyl halides is 5. The summed E-state index contributed by atoms with van der Waals surface area (Å²) in [4.78, 5) is 0. The van der Waals surface area contributed by atoms with Crippen molar-refractivity contribution >= 4 is 5.57 Å². The Balaban J connectivity index is 3.44. The lowest BCUT2D eigenvalue weighted by molar-refractivity contribution is -0.254. The van der Waals surface area contributed by atoms with Gasteiger partial charge >= 0.3 is 12.1 Å². The molecule has 0 saturated carbocycles. The Morgan fingerprint density at radius 2 is 1.50 bits per heavy atom. The molecule has 18 heavy (non-hydrogen) atoms. The first kappa shape index (κ1) is 14.4. The van der Waals surface area contributed by atoms with Crippen LogP contribution in [0.15, 0.2) is 36.3 Å². The van der Waals surface area contributed by atoms with Gasteiger partial charge in [-0.25, -0.2) is 0 Å². The van der Waals surface area contributed by atoms with E-state index in [0.29, 0.717) is 7.11 Å². The highest BCUT2D eigenvalue weighted by Gasteiger charge is 2.62. The first-order valence-corrected chi connectivity index (χ1v) is 4.66. The summed E-state index contributed by atoms with van der Waals surface area (Å²) in [5, 5.41) is 0. The van der Waals surface area contributed by atoms with Gasteiger partial charge in [0.1, 0.15) is 5.57 Å². The summed E-state index contributed by atoms with van der Waals surface area (Å²) in [5.41, 5.74) is -2.43. The van der Waals surface area contributed by atoms with Crippen molar-refractivity contribution in [3.63, 3.8) is 0 Å². The van der Waals surface area contributed by atoms with E-state index in [4.69, 9.17) is 0 Å². The van der Waals surface area contributed by atoms with Crippen molar-refractivity contribution in [2.45, 2.75) is 12.1 Å². The van der Waals surface area contributed by atoms with E-state index in [-0.39, 0.29) is 0 Å². The zero-order chi connectivity index (χ0) is 14.0. The van der Waals surface area contributed by atoms with Gasteiger partial charge in [0, 0.05) is 0 Å². The van der Waals surface area contributed by atoms with E-state index >= 15 is 0 Å². The number of ether oxygens (including phenoxy) is 1. The second-order valence-electron chi connectivity index (χ2n) is 3.29. The van der Waals surface area contributed by atoms with Crippen molar-refractivity contribution in [1.82, 2.24) is 0 Å². The van der Waals surface area contributed by atoms with Crippen LogP contribution in [0.2, 0.25) is 0 Å². The molecule has 0 aromatic heterocycles. The molecule has 0 aliphatic carbocycles. The van der Waals surface area contributed by atoms with E-state index in [0.717, 1.165) is 12.1 Å². The van der Waals surface area contributed by atoms with Crippen LogP contribution in [0.4, 0.5) is 26.3 Å². The Hall–Kier alpha value is -1.66. The lowest BCUT2D eigenvalue weighted by Crippen LogP contribution is -2.38. The molecule has 0 N–H and O–H groups in total. The van der Waals surface area contributed by atoms with Crippen molar-refractivity contribution in [3.8, 4) is 0 Å². The number of benzene rings is 1. The smallest absolute Gasteiger partial charge is 0.458 e. The minimum atomic E-state index is -5.91. The summed E-state index contributed by atoms with van der Waals surface area (Å²) in [5.74, 6) is -5.34. The van der Waals surface area contributed by atoms with Gasteiger partial charge in [0.15, 0.2) is 0 Å². The summed E-state index contributed by atoms with van der Waals surface area (Å²) < 4.78 is 80.3. The summed E-state index contributed by atoms with van der Waals surface area (Å²) >= 11 is 0. The third kappa shape index (κ3) is 2.60. The normalized spacial score (nSPS) is 14.2. The molecule has 0 aliphatic rings. The number of halogens is 6. The molecule has 0 heterocycles. The second-order valence-corrected chi connectivity index (χ2v) is 3.29. The average molecular weight is 270 g/mol. The van der Waals surface area contributed by atoms with Crippen LogP contribution in [0, 0.1) is 0 Å². The minimum absolute atomic E-state index is 0.598. The predicted octanol–water partition coefficient (Wildman–Crippen LogP) is 4.17. The van der Waals surface area contributed by atoms with Crippen LogP contribution in [0.1, 0.15) is 5.56 Å². The Morgan fingerprint density at radius 1 is 1.00 bits per heavy atom. The third-order valence-corrected chi connectivity index (χ3v) is 2.11. The van der Waals surface area contributed by atoms with Gasteiger partial charge in [0.05, 0.1) is 7.11 Å². The van der Waals surface area contributed by atoms with Gasteiger partial charge in [-0.15, -0.1) is 0 Å². The van der Waals surface area contributed by atoms with Gasteiger partial charge in [-0.2, -0.15) is 26.3 Å². The Kier molecular flexibility index (Phi) is 3.93. The Morgan fingerprint density at radius 3 is 1.89 bits per heavy atom. The lowest BCUT2D eigenvalue weighted by atomic mass is 10.0. The van der Waals surface area contributed by atoms with Crippen molar-refractivity contribution < 1.29 is 31.1 Å². The molecular weight excluding hydrogens is 262 g/mol. The summed E-state index contributed by atoms with van der Waals surface area (Å²) in [7, 11) is 0.671. The maximum absolute atomic E-state index is 13.2. The highest BCUT2D eigenvalue weighted by Crippen LogP contribution is 2.46. The topological polar surface area (TPSA) is 9.23 Å².